The average Bonchev–Trinajstić information content (AvgIpc) is 3.10. The van der Waals surface area contributed by atoms with Gasteiger partial charge in [-0.3, -0.25) is 4.68 Å². The second-order valence-electron chi connectivity index (χ2n) is 6.34. The summed E-state index contributed by atoms with van der Waals surface area (Å²) < 4.78 is 4.38. The molecule has 1 aliphatic rings. The smallest absolute Gasteiger partial charge is 0.158 e. The number of hydrogen-bond acceptors (Lipinski definition) is 2. The van der Waals surface area contributed by atoms with Gasteiger partial charge in [-0.15, -0.1) is 11.6 Å². The SMILES string of the molecule is CCc1nn(C)c2c1nc(CCCl)n2CC1CCCC1C. The largest absolute Gasteiger partial charge is 0.313 e. The van der Waals surface area contributed by atoms with Crippen molar-refractivity contribution < 1.29 is 0 Å². The summed E-state index contributed by atoms with van der Waals surface area (Å²) in [5.74, 6) is 3.32. The van der Waals surface area contributed by atoms with Crippen LogP contribution in [0.3, 0.4) is 0 Å². The van der Waals surface area contributed by atoms with E-state index in [1.165, 1.54) is 24.9 Å². The summed E-state index contributed by atoms with van der Waals surface area (Å²) in [4.78, 5) is 4.86. The van der Waals surface area contributed by atoms with E-state index in [1.807, 2.05) is 11.7 Å². The number of nitrogens with zero attached hydrogens (tertiary/aromatic N) is 4. The van der Waals surface area contributed by atoms with E-state index < -0.39 is 0 Å². The molecular formula is C16H25ClN4. The van der Waals surface area contributed by atoms with Crippen molar-refractivity contribution >= 4 is 22.8 Å². The van der Waals surface area contributed by atoms with Crippen molar-refractivity contribution in [2.45, 2.75) is 52.5 Å². The van der Waals surface area contributed by atoms with Gasteiger partial charge < -0.3 is 4.57 Å². The summed E-state index contributed by atoms with van der Waals surface area (Å²) in [5, 5.41) is 4.62. The van der Waals surface area contributed by atoms with Gasteiger partial charge in [0, 0.05) is 25.9 Å². The van der Waals surface area contributed by atoms with Gasteiger partial charge in [0.15, 0.2) is 5.65 Å². The van der Waals surface area contributed by atoms with E-state index in [-0.39, 0.29) is 0 Å². The quantitative estimate of drug-likeness (QED) is 0.792. The number of aromatic nitrogens is 4. The van der Waals surface area contributed by atoms with Crippen LogP contribution >= 0.6 is 11.6 Å². The number of rotatable bonds is 5. The van der Waals surface area contributed by atoms with Crippen molar-refractivity contribution in [2.24, 2.45) is 18.9 Å². The van der Waals surface area contributed by atoms with Crippen molar-refractivity contribution in [3.63, 3.8) is 0 Å². The molecule has 1 aliphatic carbocycles. The van der Waals surface area contributed by atoms with Crippen LogP contribution in [0.1, 0.15) is 44.6 Å². The molecule has 0 N–H and O–H groups in total. The molecule has 3 rings (SSSR count). The van der Waals surface area contributed by atoms with Gasteiger partial charge in [0.1, 0.15) is 11.3 Å². The van der Waals surface area contributed by atoms with Crippen molar-refractivity contribution in [1.82, 2.24) is 19.3 Å². The minimum Gasteiger partial charge on any atom is -0.313 e. The third-order valence-electron chi connectivity index (χ3n) is 4.98. The van der Waals surface area contributed by atoms with E-state index in [2.05, 4.69) is 23.5 Å². The van der Waals surface area contributed by atoms with Crippen LogP contribution in [-0.4, -0.2) is 25.2 Å². The molecule has 0 amide bonds. The summed E-state index contributed by atoms with van der Waals surface area (Å²) in [6.45, 7) is 5.58. The van der Waals surface area contributed by atoms with Crippen LogP contribution in [0.2, 0.25) is 0 Å². The molecule has 0 aromatic carbocycles. The van der Waals surface area contributed by atoms with E-state index in [4.69, 9.17) is 16.6 Å². The molecule has 1 saturated carbocycles. The molecule has 2 aromatic heterocycles. The second-order valence-corrected chi connectivity index (χ2v) is 6.72. The van der Waals surface area contributed by atoms with Crippen LogP contribution in [0.5, 0.6) is 0 Å². The number of aryl methyl sites for hydroxylation is 3. The number of alkyl halides is 1. The molecule has 0 saturated heterocycles. The van der Waals surface area contributed by atoms with Crippen molar-refractivity contribution in [1.29, 1.82) is 0 Å². The average molecular weight is 309 g/mol. The molecule has 4 nitrogen and oxygen atoms in total. The number of fused-ring (bicyclic) bond motifs is 1. The molecule has 2 aromatic rings. The number of halogens is 1. The third kappa shape index (κ3) is 2.59. The van der Waals surface area contributed by atoms with Crippen molar-refractivity contribution in [3.05, 3.63) is 11.5 Å². The highest BCUT2D eigenvalue weighted by Crippen LogP contribution is 2.34. The van der Waals surface area contributed by atoms with Crippen LogP contribution in [-0.2, 0) is 26.4 Å². The Labute approximate surface area is 131 Å². The zero-order valence-electron chi connectivity index (χ0n) is 13.3. The Balaban J connectivity index is 2.04. The first kappa shape index (κ1) is 14.9. The zero-order chi connectivity index (χ0) is 15.0. The third-order valence-corrected chi connectivity index (χ3v) is 5.17. The summed E-state index contributed by atoms with van der Waals surface area (Å²) in [6.07, 6.45) is 5.81. The highest BCUT2D eigenvalue weighted by atomic mass is 35.5. The van der Waals surface area contributed by atoms with Gasteiger partial charge in [-0.05, 0) is 24.7 Å². The van der Waals surface area contributed by atoms with Crippen LogP contribution < -0.4 is 0 Å². The molecule has 0 radical (unpaired) electrons. The standard InChI is InChI=1S/C16H25ClN4/c1-4-13-15-16(20(3)19-13)21(14(18-15)8-9-17)10-12-7-5-6-11(12)2/h11-12H,4-10H2,1-3H3. The molecule has 2 heterocycles. The lowest BCUT2D eigenvalue weighted by Gasteiger charge is -2.18. The Bertz CT molecular complexity index is 628. The molecule has 0 spiro atoms. The minimum absolute atomic E-state index is 0.623. The topological polar surface area (TPSA) is 35.6 Å². The molecular weight excluding hydrogens is 284 g/mol. The fourth-order valence-electron chi connectivity index (χ4n) is 3.72. The van der Waals surface area contributed by atoms with Gasteiger partial charge >= 0.3 is 0 Å². The Morgan fingerprint density at radius 3 is 2.76 bits per heavy atom. The monoisotopic (exact) mass is 308 g/mol. The Kier molecular flexibility index (Phi) is 4.25. The highest BCUT2D eigenvalue weighted by Gasteiger charge is 2.26. The number of hydrogen-bond donors (Lipinski definition) is 0. The normalized spacial score (nSPS) is 22.5. The maximum absolute atomic E-state index is 5.99. The molecule has 2 unspecified atom stereocenters. The van der Waals surface area contributed by atoms with Gasteiger partial charge in [0.25, 0.3) is 0 Å². The predicted molar refractivity (Wildman–Crippen MR) is 86.8 cm³/mol. The van der Waals surface area contributed by atoms with Gasteiger partial charge in [0.2, 0.25) is 0 Å². The Hall–Kier alpha value is -1.03. The molecule has 0 aliphatic heterocycles. The zero-order valence-corrected chi connectivity index (χ0v) is 14.0. The highest BCUT2D eigenvalue weighted by molar-refractivity contribution is 6.17. The fraction of sp³-hybridized carbons (Fsp3) is 0.750. The first-order valence-corrected chi connectivity index (χ1v) is 8.66. The van der Waals surface area contributed by atoms with Crippen molar-refractivity contribution in [3.8, 4) is 0 Å². The fourth-order valence-corrected chi connectivity index (χ4v) is 3.89. The summed E-state index contributed by atoms with van der Waals surface area (Å²) in [5.41, 5.74) is 3.35. The molecule has 2 atom stereocenters. The summed E-state index contributed by atoms with van der Waals surface area (Å²) in [6, 6.07) is 0. The Morgan fingerprint density at radius 1 is 1.33 bits per heavy atom. The van der Waals surface area contributed by atoms with Crippen molar-refractivity contribution in [2.75, 3.05) is 5.88 Å². The lowest BCUT2D eigenvalue weighted by Crippen LogP contribution is -2.17. The first-order chi connectivity index (χ1) is 10.2. The summed E-state index contributed by atoms with van der Waals surface area (Å²) >= 11 is 5.99. The van der Waals surface area contributed by atoms with E-state index in [0.29, 0.717) is 5.88 Å². The van der Waals surface area contributed by atoms with Gasteiger partial charge in [-0.2, -0.15) is 5.10 Å². The van der Waals surface area contributed by atoms with Crippen LogP contribution in [0.4, 0.5) is 0 Å². The molecule has 116 valence electrons. The molecule has 1 fully saturated rings. The molecule has 21 heavy (non-hydrogen) atoms. The first-order valence-electron chi connectivity index (χ1n) is 8.12. The van der Waals surface area contributed by atoms with E-state index in [1.54, 1.807) is 0 Å². The van der Waals surface area contributed by atoms with Crippen LogP contribution in [0, 0.1) is 11.8 Å². The minimum atomic E-state index is 0.623. The maximum atomic E-state index is 5.99. The number of imidazole rings is 1. The Morgan fingerprint density at radius 2 is 2.14 bits per heavy atom. The van der Waals surface area contributed by atoms with Gasteiger partial charge in [0.05, 0.1) is 5.69 Å². The van der Waals surface area contributed by atoms with E-state index in [0.717, 1.165) is 48.3 Å². The molecule has 0 bridgehead atoms. The summed E-state index contributed by atoms with van der Waals surface area (Å²) in [7, 11) is 2.03. The van der Waals surface area contributed by atoms with Gasteiger partial charge in [-0.25, -0.2) is 4.98 Å². The van der Waals surface area contributed by atoms with E-state index in [9.17, 15) is 0 Å². The lowest BCUT2D eigenvalue weighted by atomic mass is 9.98. The maximum Gasteiger partial charge on any atom is 0.158 e. The molecule has 5 heteroatoms. The van der Waals surface area contributed by atoms with Crippen LogP contribution in [0.15, 0.2) is 0 Å². The van der Waals surface area contributed by atoms with E-state index >= 15 is 0 Å². The van der Waals surface area contributed by atoms with Gasteiger partial charge in [-0.1, -0.05) is 26.7 Å². The lowest BCUT2D eigenvalue weighted by molar-refractivity contribution is 0.361. The predicted octanol–water partition coefficient (Wildman–Crippen LogP) is 3.55. The van der Waals surface area contributed by atoms with Crippen LogP contribution in [0.25, 0.3) is 11.2 Å². The second kappa shape index (κ2) is 5.99.